The lowest BCUT2D eigenvalue weighted by atomic mass is 10.2. The Balaban J connectivity index is 1.68. The number of rotatable bonds is 5. The molecule has 1 fully saturated rings. The third-order valence-electron chi connectivity index (χ3n) is 3.11. The first-order valence-electron chi connectivity index (χ1n) is 6.07. The quantitative estimate of drug-likeness (QED) is 0.802. The molecule has 88 valence electrons. The van der Waals surface area contributed by atoms with E-state index in [0.29, 0.717) is 0 Å². The van der Waals surface area contributed by atoms with Gasteiger partial charge in [0.1, 0.15) is 0 Å². The molecule has 2 aromatic rings. The number of nitrogens with zero attached hydrogens (tertiary/aromatic N) is 2. The van der Waals surface area contributed by atoms with E-state index in [9.17, 15) is 0 Å². The Labute approximate surface area is 106 Å². The second-order valence-electron chi connectivity index (χ2n) is 4.58. The van der Waals surface area contributed by atoms with Crippen LogP contribution in [-0.4, -0.2) is 15.9 Å². The van der Waals surface area contributed by atoms with E-state index in [1.165, 1.54) is 23.3 Å². The van der Waals surface area contributed by atoms with E-state index in [-0.39, 0.29) is 0 Å². The van der Waals surface area contributed by atoms with Crippen LogP contribution in [0.4, 0.5) is 0 Å². The van der Waals surface area contributed by atoms with E-state index in [4.69, 9.17) is 0 Å². The normalized spacial score (nSPS) is 15.4. The minimum absolute atomic E-state index is 0.789. The van der Waals surface area contributed by atoms with Crippen LogP contribution in [0.15, 0.2) is 42.0 Å². The van der Waals surface area contributed by atoms with Gasteiger partial charge >= 0.3 is 0 Å². The summed E-state index contributed by atoms with van der Waals surface area (Å²) in [6.45, 7) is 2.10. The van der Waals surface area contributed by atoms with Crippen molar-refractivity contribution in [3.63, 3.8) is 0 Å². The van der Waals surface area contributed by atoms with Gasteiger partial charge in [-0.15, -0.1) is 11.3 Å². The van der Waals surface area contributed by atoms with Crippen LogP contribution < -0.4 is 0 Å². The Hall–Kier alpha value is -1.19. The van der Waals surface area contributed by atoms with Crippen LogP contribution in [0.5, 0.6) is 0 Å². The number of thiophene rings is 1. The molecule has 3 rings (SSSR count). The van der Waals surface area contributed by atoms with Crippen molar-refractivity contribution in [2.45, 2.75) is 32.0 Å². The third-order valence-corrected chi connectivity index (χ3v) is 3.97. The summed E-state index contributed by atoms with van der Waals surface area (Å²) in [5, 5.41) is 2.16. The lowest BCUT2D eigenvalue weighted by Crippen LogP contribution is -2.24. The van der Waals surface area contributed by atoms with Crippen LogP contribution in [0.1, 0.15) is 23.3 Å². The molecule has 1 aliphatic rings. The van der Waals surface area contributed by atoms with Crippen LogP contribution in [0.25, 0.3) is 0 Å². The maximum atomic E-state index is 4.19. The molecule has 0 N–H and O–H groups in total. The van der Waals surface area contributed by atoms with Gasteiger partial charge in [0.25, 0.3) is 0 Å². The molecule has 0 aliphatic heterocycles. The number of pyridine rings is 1. The van der Waals surface area contributed by atoms with Gasteiger partial charge in [-0.1, -0.05) is 12.1 Å². The molecule has 17 heavy (non-hydrogen) atoms. The molecule has 0 radical (unpaired) electrons. The molecule has 0 saturated heterocycles. The molecule has 2 aromatic heterocycles. The zero-order valence-corrected chi connectivity index (χ0v) is 10.6. The summed E-state index contributed by atoms with van der Waals surface area (Å²) in [5.74, 6) is 0. The lowest BCUT2D eigenvalue weighted by Gasteiger charge is -2.21. The molecule has 0 bridgehead atoms. The largest absolute Gasteiger partial charge is 0.291 e. The van der Waals surface area contributed by atoms with Gasteiger partial charge in [0.05, 0.1) is 0 Å². The fourth-order valence-corrected chi connectivity index (χ4v) is 2.81. The van der Waals surface area contributed by atoms with Crippen LogP contribution in [0.2, 0.25) is 0 Å². The topological polar surface area (TPSA) is 16.1 Å². The number of hydrogen-bond donors (Lipinski definition) is 0. The predicted octanol–water partition coefficient (Wildman–Crippen LogP) is 3.31. The number of hydrogen-bond acceptors (Lipinski definition) is 3. The summed E-state index contributed by atoms with van der Waals surface area (Å²) in [7, 11) is 0. The van der Waals surface area contributed by atoms with Crippen LogP contribution in [0.3, 0.4) is 0 Å². The van der Waals surface area contributed by atoms with Crippen molar-refractivity contribution in [3.05, 3.63) is 52.5 Å². The molecule has 2 heterocycles. The van der Waals surface area contributed by atoms with Crippen molar-refractivity contribution in [3.8, 4) is 0 Å². The van der Waals surface area contributed by atoms with Crippen molar-refractivity contribution < 1.29 is 0 Å². The molecule has 0 unspecified atom stereocenters. The Kier molecular flexibility index (Phi) is 3.20. The minimum Gasteiger partial charge on any atom is -0.291 e. The van der Waals surface area contributed by atoms with Crippen LogP contribution in [0, 0.1) is 0 Å². The van der Waals surface area contributed by atoms with E-state index in [1.807, 2.05) is 29.8 Å². The second kappa shape index (κ2) is 4.98. The molecular formula is C14H16N2S. The first kappa shape index (κ1) is 10.9. The molecule has 2 nitrogen and oxygen atoms in total. The molecule has 1 aliphatic carbocycles. The first-order valence-corrected chi connectivity index (χ1v) is 6.95. The van der Waals surface area contributed by atoms with Crippen LogP contribution in [-0.2, 0) is 13.1 Å². The molecule has 0 amide bonds. The average Bonchev–Trinajstić information content (AvgIpc) is 3.09. The summed E-state index contributed by atoms with van der Waals surface area (Å²) >= 11 is 1.85. The van der Waals surface area contributed by atoms with Gasteiger partial charge in [0.2, 0.25) is 0 Å². The Morgan fingerprint density at radius 2 is 2.18 bits per heavy atom. The molecule has 0 spiro atoms. The maximum absolute atomic E-state index is 4.19. The van der Waals surface area contributed by atoms with E-state index in [1.54, 1.807) is 0 Å². The van der Waals surface area contributed by atoms with Crippen molar-refractivity contribution in [2.75, 3.05) is 0 Å². The highest BCUT2D eigenvalue weighted by atomic mass is 32.1. The van der Waals surface area contributed by atoms with Crippen molar-refractivity contribution in [1.29, 1.82) is 0 Å². The van der Waals surface area contributed by atoms with Gasteiger partial charge in [-0.25, -0.2) is 0 Å². The summed E-state index contributed by atoms with van der Waals surface area (Å²) in [4.78, 5) is 8.22. The minimum atomic E-state index is 0.789. The second-order valence-corrected chi connectivity index (χ2v) is 5.61. The summed E-state index contributed by atoms with van der Waals surface area (Å²) in [5.41, 5.74) is 1.32. The van der Waals surface area contributed by atoms with Crippen LogP contribution >= 0.6 is 11.3 Å². The van der Waals surface area contributed by atoms with Gasteiger partial charge in [0, 0.05) is 36.4 Å². The van der Waals surface area contributed by atoms with Gasteiger partial charge in [0.15, 0.2) is 0 Å². The van der Waals surface area contributed by atoms with Gasteiger partial charge < -0.3 is 0 Å². The number of aromatic nitrogens is 1. The fraction of sp³-hybridized carbons (Fsp3) is 0.357. The molecule has 1 saturated carbocycles. The van der Waals surface area contributed by atoms with Gasteiger partial charge in [-0.2, -0.15) is 0 Å². The first-order chi connectivity index (χ1) is 8.42. The third kappa shape index (κ3) is 2.93. The monoisotopic (exact) mass is 244 g/mol. The molecule has 0 atom stereocenters. The highest BCUT2D eigenvalue weighted by Crippen LogP contribution is 2.30. The summed E-state index contributed by atoms with van der Waals surface area (Å²) < 4.78 is 0. The van der Waals surface area contributed by atoms with Crippen molar-refractivity contribution in [2.24, 2.45) is 0 Å². The zero-order chi connectivity index (χ0) is 11.5. The highest BCUT2D eigenvalue weighted by Gasteiger charge is 2.29. The Bertz CT molecular complexity index is 448. The fourth-order valence-electron chi connectivity index (χ4n) is 2.08. The Morgan fingerprint density at radius 1 is 1.24 bits per heavy atom. The van der Waals surface area contributed by atoms with Crippen molar-refractivity contribution >= 4 is 11.3 Å². The summed E-state index contributed by atoms with van der Waals surface area (Å²) in [6, 6.07) is 9.33. The summed E-state index contributed by atoms with van der Waals surface area (Å²) in [6.07, 6.45) is 6.52. The molecule has 0 aromatic carbocycles. The zero-order valence-electron chi connectivity index (χ0n) is 9.75. The van der Waals surface area contributed by atoms with E-state index >= 15 is 0 Å². The predicted molar refractivity (Wildman–Crippen MR) is 70.8 cm³/mol. The molecule has 3 heteroatoms. The lowest BCUT2D eigenvalue weighted by molar-refractivity contribution is 0.248. The molecular weight excluding hydrogens is 228 g/mol. The van der Waals surface area contributed by atoms with Gasteiger partial charge in [-0.05, 0) is 35.9 Å². The average molecular weight is 244 g/mol. The van der Waals surface area contributed by atoms with E-state index in [0.717, 1.165) is 19.1 Å². The SMILES string of the molecule is c1cncc(CN(Cc2cccs2)C2CC2)c1. The van der Waals surface area contributed by atoms with Gasteiger partial charge in [-0.3, -0.25) is 9.88 Å². The maximum Gasteiger partial charge on any atom is 0.0334 e. The standard InChI is InChI=1S/C14H16N2S/c1-3-12(9-15-7-1)10-16(13-5-6-13)11-14-4-2-8-17-14/h1-4,7-9,13H,5-6,10-11H2. The van der Waals surface area contributed by atoms with E-state index in [2.05, 4.69) is 33.5 Å². The van der Waals surface area contributed by atoms with Crippen molar-refractivity contribution in [1.82, 2.24) is 9.88 Å². The highest BCUT2D eigenvalue weighted by molar-refractivity contribution is 7.09. The van der Waals surface area contributed by atoms with E-state index < -0.39 is 0 Å². The Morgan fingerprint density at radius 3 is 2.82 bits per heavy atom. The smallest absolute Gasteiger partial charge is 0.0334 e.